The maximum Gasteiger partial charge on any atom is 0.248 e. The summed E-state index contributed by atoms with van der Waals surface area (Å²) in [5, 5.41) is 11.2. The summed E-state index contributed by atoms with van der Waals surface area (Å²) in [5.41, 5.74) is 6.17. The number of nitrogens with two attached hydrogens (primary N) is 1. The van der Waals surface area contributed by atoms with Crippen molar-refractivity contribution in [2.75, 3.05) is 5.32 Å². The van der Waals surface area contributed by atoms with Gasteiger partial charge in [0.15, 0.2) is 16.7 Å². The molecule has 8 nitrogen and oxygen atoms in total. The first kappa shape index (κ1) is 17.7. The number of anilines is 1. The van der Waals surface area contributed by atoms with Crippen LogP contribution in [0.4, 0.5) is 5.69 Å². The van der Waals surface area contributed by atoms with Crippen LogP contribution in [0.5, 0.6) is 0 Å². The fourth-order valence-electron chi connectivity index (χ4n) is 2.21. The van der Waals surface area contributed by atoms with E-state index in [1.807, 2.05) is 7.05 Å². The van der Waals surface area contributed by atoms with E-state index in [9.17, 15) is 9.59 Å². The van der Waals surface area contributed by atoms with Gasteiger partial charge in [-0.25, -0.2) is 0 Å². The molecule has 0 saturated heterocycles. The van der Waals surface area contributed by atoms with E-state index in [1.165, 1.54) is 11.8 Å². The van der Waals surface area contributed by atoms with Gasteiger partial charge in [0.1, 0.15) is 0 Å². The molecule has 0 unspecified atom stereocenters. The minimum absolute atomic E-state index is 0.190. The second kappa shape index (κ2) is 7.44. The number of rotatable bonds is 6. The van der Waals surface area contributed by atoms with Crippen molar-refractivity contribution in [2.45, 2.75) is 17.3 Å². The molecule has 134 valence electrons. The third kappa shape index (κ3) is 3.77. The van der Waals surface area contributed by atoms with Crippen molar-refractivity contribution in [3.63, 3.8) is 0 Å². The summed E-state index contributed by atoms with van der Waals surface area (Å²) in [5.74, 6) is 0.497. The molecule has 3 rings (SSSR count). The van der Waals surface area contributed by atoms with E-state index in [2.05, 4.69) is 15.5 Å². The normalized spacial score (nSPS) is 11.9. The molecule has 1 aromatic carbocycles. The molecule has 9 heteroatoms. The summed E-state index contributed by atoms with van der Waals surface area (Å²) in [7, 11) is 1.81. The summed E-state index contributed by atoms with van der Waals surface area (Å²) in [6.45, 7) is 1.78. The van der Waals surface area contributed by atoms with Gasteiger partial charge >= 0.3 is 0 Å². The monoisotopic (exact) mass is 371 g/mol. The van der Waals surface area contributed by atoms with Gasteiger partial charge in [0, 0.05) is 18.3 Å². The molecule has 0 spiro atoms. The van der Waals surface area contributed by atoms with Gasteiger partial charge in [0.25, 0.3) is 0 Å². The van der Waals surface area contributed by atoms with Gasteiger partial charge < -0.3 is 20.0 Å². The summed E-state index contributed by atoms with van der Waals surface area (Å²) in [6, 6.07) is 9.96. The van der Waals surface area contributed by atoms with Crippen LogP contribution < -0.4 is 11.1 Å². The van der Waals surface area contributed by atoms with Crippen LogP contribution in [-0.2, 0) is 11.8 Å². The number of nitrogens with zero attached hydrogens (tertiary/aromatic N) is 3. The van der Waals surface area contributed by atoms with Crippen molar-refractivity contribution < 1.29 is 14.0 Å². The van der Waals surface area contributed by atoms with Crippen LogP contribution in [-0.4, -0.2) is 31.8 Å². The molecule has 3 aromatic rings. The van der Waals surface area contributed by atoms with Crippen molar-refractivity contribution >= 4 is 29.3 Å². The average molecular weight is 371 g/mol. The van der Waals surface area contributed by atoms with Gasteiger partial charge in [0.2, 0.25) is 11.8 Å². The van der Waals surface area contributed by atoms with Gasteiger partial charge in [0.05, 0.1) is 11.5 Å². The molecule has 3 N–H and O–H groups in total. The lowest BCUT2D eigenvalue weighted by molar-refractivity contribution is -0.115. The Morgan fingerprint density at radius 2 is 1.96 bits per heavy atom. The smallest absolute Gasteiger partial charge is 0.248 e. The molecule has 26 heavy (non-hydrogen) atoms. The summed E-state index contributed by atoms with van der Waals surface area (Å²) >= 11 is 1.29. The SMILES string of the molecule is C[C@@H](Sc1nnc(-c2ccco2)n1C)C(=O)Nc1ccc(C(N)=O)cc1. The fourth-order valence-corrected chi connectivity index (χ4v) is 3.03. The summed E-state index contributed by atoms with van der Waals surface area (Å²) in [6.07, 6.45) is 1.57. The van der Waals surface area contributed by atoms with E-state index < -0.39 is 11.2 Å². The van der Waals surface area contributed by atoms with E-state index >= 15 is 0 Å². The number of furan rings is 1. The number of nitrogens with one attached hydrogen (secondary N) is 1. The molecule has 0 saturated carbocycles. The minimum atomic E-state index is -0.513. The Balaban J connectivity index is 1.65. The number of carbonyl (C=O) groups excluding carboxylic acids is 2. The molecule has 1 atom stereocenters. The zero-order valence-corrected chi connectivity index (χ0v) is 15.0. The van der Waals surface area contributed by atoms with Crippen molar-refractivity contribution in [2.24, 2.45) is 12.8 Å². The number of hydrogen-bond acceptors (Lipinski definition) is 6. The topological polar surface area (TPSA) is 116 Å². The zero-order valence-electron chi connectivity index (χ0n) is 14.2. The largest absolute Gasteiger partial charge is 0.461 e. The van der Waals surface area contributed by atoms with E-state index in [0.717, 1.165) is 0 Å². The zero-order chi connectivity index (χ0) is 18.7. The van der Waals surface area contributed by atoms with Crippen LogP contribution in [0.2, 0.25) is 0 Å². The first-order valence-electron chi connectivity index (χ1n) is 7.76. The van der Waals surface area contributed by atoms with Crippen LogP contribution >= 0.6 is 11.8 Å². The molecule has 2 heterocycles. The van der Waals surface area contributed by atoms with Gasteiger partial charge in [-0.2, -0.15) is 0 Å². The second-order valence-electron chi connectivity index (χ2n) is 5.53. The van der Waals surface area contributed by atoms with Gasteiger partial charge in [-0.1, -0.05) is 11.8 Å². The molecule has 0 aliphatic rings. The van der Waals surface area contributed by atoms with Crippen LogP contribution in [0, 0.1) is 0 Å². The number of aromatic nitrogens is 3. The maximum atomic E-state index is 12.4. The number of primary amides is 1. The molecular formula is C17H17N5O3S. The van der Waals surface area contributed by atoms with Crippen molar-refractivity contribution in [1.29, 1.82) is 0 Å². The first-order valence-corrected chi connectivity index (χ1v) is 8.64. The van der Waals surface area contributed by atoms with E-state index in [0.29, 0.717) is 28.0 Å². The van der Waals surface area contributed by atoms with E-state index in [1.54, 1.807) is 54.2 Å². The lowest BCUT2D eigenvalue weighted by Crippen LogP contribution is -2.23. The molecular weight excluding hydrogens is 354 g/mol. The molecule has 0 radical (unpaired) electrons. The standard InChI is InChI=1S/C17H17N5O3S/c1-10(16(24)19-12-7-5-11(6-8-12)14(18)23)26-17-21-20-15(22(17)2)13-4-3-9-25-13/h3-10H,1-2H3,(H2,18,23)(H,19,24)/t10-/m1/s1. The number of thioether (sulfide) groups is 1. The minimum Gasteiger partial charge on any atom is -0.461 e. The predicted molar refractivity (Wildman–Crippen MR) is 97.6 cm³/mol. The first-order chi connectivity index (χ1) is 12.5. The highest BCUT2D eigenvalue weighted by Gasteiger charge is 2.20. The highest BCUT2D eigenvalue weighted by atomic mass is 32.2. The summed E-state index contributed by atoms with van der Waals surface area (Å²) in [4.78, 5) is 23.5. The Labute approximate surface area is 153 Å². The number of amides is 2. The third-order valence-electron chi connectivity index (χ3n) is 3.66. The highest BCUT2D eigenvalue weighted by molar-refractivity contribution is 8.00. The Kier molecular flexibility index (Phi) is 5.08. The average Bonchev–Trinajstić information content (AvgIpc) is 3.26. The van der Waals surface area contributed by atoms with E-state index in [4.69, 9.17) is 10.2 Å². The fraction of sp³-hybridized carbons (Fsp3) is 0.176. The van der Waals surface area contributed by atoms with Crippen molar-refractivity contribution in [3.05, 3.63) is 48.2 Å². The van der Waals surface area contributed by atoms with Gasteiger partial charge in [-0.3, -0.25) is 9.59 Å². The number of hydrogen-bond donors (Lipinski definition) is 2. The molecule has 0 aliphatic heterocycles. The Morgan fingerprint density at radius 1 is 1.23 bits per heavy atom. The van der Waals surface area contributed by atoms with Gasteiger partial charge in [-0.05, 0) is 43.3 Å². The van der Waals surface area contributed by atoms with Crippen molar-refractivity contribution in [1.82, 2.24) is 14.8 Å². The molecule has 0 bridgehead atoms. The number of carbonyl (C=O) groups is 2. The van der Waals surface area contributed by atoms with Crippen LogP contribution in [0.15, 0.2) is 52.2 Å². The van der Waals surface area contributed by atoms with Crippen LogP contribution in [0.25, 0.3) is 11.6 Å². The number of benzene rings is 1. The molecule has 2 amide bonds. The van der Waals surface area contributed by atoms with E-state index in [-0.39, 0.29) is 5.91 Å². The van der Waals surface area contributed by atoms with Crippen LogP contribution in [0.1, 0.15) is 17.3 Å². The summed E-state index contributed by atoms with van der Waals surface area (Å²) < 4.78 is 7.10. The molecule has 0 fully saturated rings. The Morgan fingerprint density at radius 3 is 2.58 bits per heavy atom. The second-order valence-corrected chi connectivity index (χ2v) is 6.84. The lowest BCUT2D eigenvalue weighted by atomic mass is 10.2. The Bertz CT molecular complexity index is 919. The highest BCUT2D eigenvalue weighted by Crippen LogP contribution is 2.26. The van der Waals surface area contributed by atoms with Crippen LogP contribution in [0.3, 0.4) is 0 Å². The predicted octanol–water partition coefficient (Wildman–Crippen LogP) is 2.29. The lowest BCUT2D eigenvalue weighted by Gasteiger charge is -2.11. The Hall–Kier alpha value is -3.07. The van der Waals surface area contributed by atoms with Crippen molar-refractivity contribution in [3.8, 4) is 11.6 Å². The molecule has 0 aliphatic carbocycles. The maximum absolute atomic E-state index is 12.4. The quantitative estimate of drug-likeness (QED) is 0.642. The molecule has 2 aromatic heterocycles. The van der Waals surface area contributed by atoms with Gasteiger partial charge in [-0.15, -0.1) is 10.2 Å². The third-order valence-corrected chi connectivity index (χ3v) is 4.80.